The summed E-state index contributed by atoms with van der Waals surface area (Å²) >= 11 is 5.13. The highest BCUT2D eigenvalue weighted by Gasteiger charge is 2.45. The van der Waals surface area contributed by atoms with Crippen molar-refractivity contribution in [2.75, 3.05) is 20.4 Å². The van der Waals surface area contributed by atoms with E-state index >= 15 is 0 Å². The highest BCUT2D eigenvalue weighted by Crippen LogP contribution is 2.54. The molecule has 1 fully saturated rings. The fourth-order valence-electron chi connectivity index (χ4n) is 3.05. The van der Waals surface area contributed by atoms with E-state index < -0.39 is 26.0 Å². The minimum absolute atomic E-state index is 0.0234. The van der Waals surface area contributed by atoms with Gasteiger partial charge in [0.1, 0.15) is 7.85 Å². The van der Waals surface area contributed by atoms with Crippen LogP contribution in [-0.2, 0) is 34.7 Å². The lowest BCUT2D eigenvalue weighted by molar-refractivity contribution is -0.0174. The van der Waals surface area contributed by atoms with Crippen LogP contribution in [0.5, 0.6) is 0 Å². The van der Waals surface area contributed by atoms with E-state index in [4.69, 9.17) is 25.6 Å². The van der Waals surface area contributed by atoms with Gasteiger partial charge in [-0.3, -0.25) is 4.57 Å². The average molecular weight is 402 g/mol. The molecular weight excluding hydrogens is 373 g/mol. The molecule has 0 spiro atoms. The van der Waals surface area contributed by atoms with Crippen LogP contribution in [0, 0.1) is 5.92 Å². The lowest BCUT2D eigenvalue weighted by Crippen LogP contribution is -2.32. The van der Waals surface area contributed by atoms with Crippen molar-refractivity contribution >= 4 is 34.0 Å². The quantitative estimate of drug-likeness (QED) is 0.471. The molecular formula is C13H29BO7P2S. The summed E-state index contributed by atoms with van der Waals surface area (Å²) in [6.07, 6.45) is 0.532. The summed E-state index contributed by atoms with van der Waals surface area (Å²) in [6, 6.07) is 0. The van der Waals surface area contributed by atoms with Crippen molar-refractivity contribution in [3.05, 3.63) is 0 Å². The van der Waals surface area contributed by atoms with Crippen LogP contribution in [0.4, 0.5) is 0 Å². The highest BCUT2D eigenvalue weighted by atomic mass is 32.5. The molecule has 3 unspecified atom stereocenters. The Balaban J connectivity index is 2.78. The molecule has 1 aliphatic rings. The van der Waals surface area contributed by atoms with Crippen LogP contribution in [0.2, 0.25) is 5.82 Å². The summed E-state index contributed by atoms with van der Waals surface area (Å²) < 4.78 is 33.1. The molecule has 0 aromatic carbocycles. The molecule has 6 atom stereocenters. The molecule has 0 heterocycles. The lowest BCUT2D eigenvalue weighted by atomic mass is 9.83. The Bertz CT molecular complexity index is 513. The minimum atomic E-state index is -3.56. The van der Waals surface area contributed by atoms with Crippen molar-refractivity contribution in [2.24, 2.45) is 5.92 Å². The van der Waals surface area contributed by atoms with Crippen LogP contribution in [0.25, 0.3) is 0 Å². The van der Waals surface area contributed by atoms with Crippen molar-refractivity contribution in [1.29, 1.82) is 0 Å². The van der Waals surface area contributed by atoms with Crippen molar-refractivity contribution < 1.29 is 32.7 Å². The molecule has 0 aromatic rings. The molecule has 1 aliphatic carbocycles. The molecule has 0 aromatic heterocycles. The molecule has 0 aliphatic heterocycles. The molecule has 0 amide bonds. The van der Waals surface area contributed by atoms with Crippen molar-refractivity contribution in [1.82, 2.24) is 0 Å². The second-order valence-corrected chi connectivity index (χ2v) is 12.1. The van der Waals surface area contributed by atoms with Crippen LogP contribution >= 0.6 is 14.3 Å². The Morgan fingerprint density at radius 3 is 2.29 bits per heavy atom. The zero-order chi connectivity index (χ0) is 18.8. The van der Waals surface area contributed by atoms with Gasteiger partial charge in [-0.15, -0.1) is 0 Å². The van der Waals surface area contributed by atoms with Gasteiger partial charge < -0.3 is 28.1 Å². The summed E-state index contributed by atoms with van der Waals surface area (Å²) in [5.41, 5.74) is -0.615. The van der Waals surface area contributed by atoms with Gasteiger partial charge in [0.25, 0.3) is 0 Å². The Kier molecular flexibility index (Phi) is 8.15. The molecule has 0 bridgehead atoms. The standard InChI is InChI=1S/C13H29BO7P2S/c1-13(2,3)21-23(17,24)20-12-10(14)8-9(11(12)18-4)6-7-22(15,16)19-5/h9-12H,6-8,14H2,1-5H3,(H,15,16)(H,17,24)/t9-,10?,11+,12-,23?/m0/s1. The summed E-state index contributed by atoms with van der Waals surface area (Å²) in [5.74, 6) is 0.105. The van der Waals surface area contributed by atoms with E-state index in [0.717, 1.165) is 6.42 Å². The molecule has 2 N–H and O–H groups in total. The van der Waals surface area contributed by atoms with E-state index in [2.05, 4.69) is 4.52 Å². The van der Waals surface area contributed by atoms with E-state index in [1.165, 1.54) is 7.11 Å². The Morgan fingerprint density at radius 2 is 1.83 bits per heavy atom. The Hall–Kier alpha value is 0.705. The number of hydrogen-bond donors (Lipinski definition) is 2. The third-order valence-corrected chi connectivity index (χ3v) is 7.17. The van der Waals surface area contributed by atoms with Gasteiger partial charge in [-0.25, -0.2) is 0 Å². The van der Waals surface area contributed by atoms with E-state index in [-0.39, 0.29) is 24.0 Å². The molecule has 142 valence electrons. The van der Waals surface area contributed by atoms with Gasteiger partial charge >= 0.3 is 14.3 Å². The van der Waals surface area contributed by atoms with Gasteiger partial charge in [0, 0.05) is 14.2 Å². The lowest BCUT2D eigenvalue weighted by Gasteiger charge is -2.31. The molecule has 0 radical (unpaired) electrons. The molecule has 1 saturated carbocycles. The zero-order valence-corrected chi connectivity index (χ0v) is 17.8. The number of methoxy groups -OCH3 is 1. The van der Waals surface area contributed by atoms with Gasteiger partial charge in [-0.1, -0.05) is 0 Å². The summed E-state index contributed by atoms with van der Waals surface area (Å²) in [6.45, 7) is 1.98. The van der Waals surface area contributed by atoms with Gasteiger partial charge in [0.2, 0.25) is 0 Å². The molecule has 24 heavy (non-hydrogen) atoms. The smallest absolute Gasteiger partial charge is 0.327 e. The summed E-state index contributed by atoms with van der Waals surface area (Å²) in [4.78, 5) is 19.9. The van der Waals surface area contributed by atoms with Gasteiger partial charge in [0.05, 0.1) is 24.0 Å². The first-order valence-corrected chi connectivity index (χ1v) is 12.3. The zero-order valence-electron chi connectivity index (χ0n) is 15.2. The molecule has 0 saturated heterocycles. The third kappa shape index (κ3) is 7.14. The highest BCUT2D eigenvalue weighted by molar-refractivity contribution is 8.07. The maximum Gasteiger partial charge on any atom is 0.327 e. The minimum Gasteiger partial charge on any atom is -0.378 e. The van der Waals surface area contributed by atoms with Crippen LogP contribution < -0.4 is 0 Å². The topological polar surface area (TPSA) is 94.5 Å². The predicted octanol–water partition coefficient (Wildman–Crippen LogP) is 2.08. The van der Waals surface area contributed by atoms with E-state index in [0.29, 0.717) is 6.42 Å². The predicted molar refractivity (Wildman–Crippen MR) is 99.7 cm³/mol. The van der Waals surface area contributed by atoms with Crippen LogP contribution in [0.15, 0.2) is 0 Å². The maximum absolute atomic E-state index is 11.7. The Morgan fingerprint density at radius 1 is 1.25 bits per heavy atom. The monoisotopic (exact) mass is 402 g/mol. The second-order valence-electron chi connectivity index (χ2n) is 7.25. The van der Waals surface area contributed by atoms with Crippen LogP contribution in [0.1, 0.15) is 33.6 Å². The van der Waals surface area contributed by atoms with Gasteiger partial charge in [-0.2, -0.15) is 0 Å². The third-order valence-electron chi connectivity index (χ3n) is 4.01. The first kappa shape index (κ1) is 22.7. The first-order chi connectivity index (χ1) is 10.8. The van der Waals surface area contributed by atoms with Crippen molar-refractivity contribution in [3.8, 4) is 0 Å². The van der Waals surface area contributed by atoms with Crippen LogP contribution in [0.3, 0.4) is 0 Å². The summed E-state index contributed by atoms with van der Waals surface area (Å²) in [5, 5.41) is 0. The molecule has 1 rings (SSSR count). The fraction of sp³-hybridized carbons (Fsp3) is 1.00. The largest absolute Gasteiger partial charge is 0.378 e. The van der Waals surface area contributed by atoms with E-state index in [1.54, 1.807) is 27.9 Å². The second kappa shape index (κ2) is 8.60. The fourth-order valence-corrected chi connectivity index (χ4v) is 6.23. The number of hydrogen-bond acceptors (Lipinski definition) is 6. The van der Waals surface area contributed by atoms with Gasteiger partial charge in [0.15, 0.2) is 0 Å². The van der Waals surface area contributed by atoms with Crippen molar-refractivity contribution in [3.63, 3.8) is 0 Å². The Labute approximate surface area is 150 Å². The molecule has 7 nitrogen and oxygen atoms in total. The molecule has 11 heteroatoms. The maximum atomic E-state index is 11.7. The van der Waals surface area contributed by atoms with Crippen LogP contribution in [-0.4, -0.2) is 55.8 Å². The normalized spacial score (nSPS) is 33.1. The summed E-state index contributed by atoms with van der Waals surface area (Å²) in [7, 11) is 1.22. The first-order valence-electron chi connectivity index (χ1n) is 7.92. The van der Waals surface area contributed by atoms with E-state index in [9.17, 15) is 14.4 Å². The number of rotatable bonds is 8. The van der Waals surface area contributed by atoms with Crippen molar-refractivity contribution in [2.45, 2.75) is 57.2 Å². The average Bonchev–Trinajstić information content (AvgIpc) is 2.69. The number of ether oxygens (including phenoxy) is 1. The van der Waals surface area contributed by atoms with Gasteiger partial charge in [-0.05, 0) is 57.2 Å². The SMILES string of the molecule is BC1C[C@H](CCP(=O)(O)OC)[C@@H](OC)[C@H]1OP(O)(=S)OC(C)(C)C. The van der Waals surface area contributed by atoms with E-state index in [1.807, 2.05) is 7.85 Å².